The lowest BCUT2D eigenvalue weighted by atomic mass is 10.2. The van der Waals surface area contributed by atoms with Crippen molar-refractivity contribution in [2.75, 3.05) is 13.2 Å². The Labute approximate surface area is 133 Å². The number of hydrazone groups is 1. The highest BCUT2D eigenvalue weighted by molar-refractivity contribution is 5.82. The van der Waals surface area contributed by atoms with Crippen LogP contribution in [0.25, 0.3) is 0 Å². The number of carbonyl (C=O) groups excluding carboxylic acids is 1. The van der Waals surface area contributed by atoms with Crippen LogP contribution in [0.1, 0.15) is 12.5 Å². The van der Waals surface area contributed by atoms with Gasteiger partial charge in [-0.15, -0.1) is 0 Å². The molecule has 23 heavy (non-hydrogen) atoms. The molecule has 0 aromatic heterocycles. The molecule has 1 amide bonds. The molecule has 0 aliphatic heterocycles. The first-order valence-electron chi connectivity index (χ1n) is 7.10. The van der Waals surface area contributed by atoms with E-state index < -0.39 is 5.91 Å². The second kappa shape index (κ2) is 8.53. The molecule has 0 atom stereocenters. The number of nitrogens with zero attached hydrogens (tertiary/aromatic N) is 1. The summed E-state index contributed by atoms with van der Waals surface area (Å²) in [5.41, 5.74) is 3.01. The maximum Gasteiger partial charge on any atom is 0.277 e. The van der Waals surface area contributed by atoms with Crippen molar-refractivity contribution < 1.29 is 18.7 Å². The molecule has 0 spiro atoms. The number of ether oxygens (including phenoxy) is 2. The van der Waals surface area contributed by atoms with Crippen LogP contribution in [-0.4, -0.2) is 25.3 Å². The predicted molar refractivity (Wildman–Crippen MR) is 85.2 cm³/mol. The molecule has 0 aliphatic carbocycles. The molecule has 0 saturated carbocycles. The Morgan fingerprint density at radius 1 is 1.09 bits per heavy atom. The Bertz CT molecular complexity index is 655. The minimum absolute atomic E-state index is 0.158. The highest BCUT2D eigenvalue weighted by Crippen LogP contribution is 2.17. The number of halogens is 1. The summed E-state index contributed by atoms with van der Waals surface area (Å²) in [6.45, 7) is 2.34. The molecule has 0 fully saturated rings. The first kappa shape index (κ1) is 16.5. The van der Waals surface area contributed by atoms with Gasteiger partial charge in [-0.1, -0.05) is 12.1 Å². The topological polar surface area (TPSA) is 59.9 Å². The minimum atomic E-state index is -0.391. The third kappa shape index (κ3) is 5.78. The van der Waals surface area contributed by atoms with Crippen molar-refractivity contribution in [3.05, 3.63) is 59.9 Å². The summed E-state index contributed by atoms with van der Waals surface area (Å²) < 4.78 is 23.4. The van der Waals surface area contributed by atoms with E-state index in [1.54, 1.807) is 36.4 Å². The standard InChI is InChI=1S/C17H17FN2O3/c1-2-22-15-7-9-16(10-8-15)23-12-17(21)20-19-11-13-3-5-14(18)6-4-13/h3-11H,2,12H2,1H3,(H,20,21)/b19-11-. The lowest BCUT2D eigenvalue weighted by molar-refractivity contribution is -0.123. The highest BCUT2D eigenvalue weighted by Gasteiger charge is 2.01. The summed E-state index contributed by atoms with van der Waals surface area (Å²) in [5.74, 6) is 0.589. The fraction of sp³-hybridized carbons (Fsp3) is 0.176. The first-order chi connectivity index (χ1) is 11.2. The highest BCUT2D eigenvalue weighted by atomic mass is 19.1. The van der Waals surface area contributed by atoms with Crippen LogP contribution in [0.3, 0.4) is 0 Å². The van der Waals surface area contributed by atoms with Crippen LogP contribution in [0.15, 0.2) is 53.6 Å². The molecule has 0 bridgehead atoms. The zero-order valence-corrected chi connectivity index (χ0v) is 12.7. The molecular weight excluding hydrogens is 299 g/mol. The zero-order valence-electron chi connectivity index (χ0n) is 12.7. The fourth-order valence-electron chi connectivity index (χ4n) is 1.71. The van der Waals surface area contributed by atoms with Gasteiger partial charge in [-0.3, -0.25) is 4.79 Å². The molecule has 0 aliphatic rings. The Balaban J connectivity index is 1.75. The van der Waals surface area contributed by atoms with E-state index in [1.165, 1.54) is 18.3 Å². The van der Waals surface area contributed by atoms with E-state index in [0.717, 1.165) is 5.75 Å². The molecule has 0 heterocycles. The van der Waals surface area contributed by atoms with Crippen molar-refractivity contribution in [2.24, 2.45) is 5.10 Å². The molecule has 2 rings (SSSR count). The van der Waals surface area contributed by atoms with Gasteiger partial charge in [0.05, 0.1) is 12.8 Å². The van der Waals surface area contributed by atoms with E-state index in [1.807, 2.05) is 6.92 Å². The first-order valence-corrected chi connectivity index (χ1v) is 7.10. The average molecular weight is 316 g/mol. The summed E-state index contributed by atoms with van der Waals surface area (Å²) in [6.07, 6.45) is 1.42. The lowest BCUT2D eigenvalue weighted by Gasteiger charge is -2.06. The van der Waals surface area contributed by atoms with E-state index in [-0.39, 0.29) is 12.4 Å². The van der Waals surface area contributed by atoms with Crippen LogP contribution in [0, 0.1) is 5.82 Å². The SMILES string of the molecule is CCOc1ccc(OCC(=O)N/N=C\c2ccc(F)cc2)cc1. The molecule has 1 N–H and O–H groups in total. The molecule has 2 aromatic carbocycles. The number of carbonyl (C=O) groups is 1. The number of hydrogen-bond acceptors (Lipinski definition) is 4. The number of benzene rings is 2. The van der Waals surface area contributed by atoms with Gasteiger partial charge >= 0.3 is 0 Å². The van der Waals surface area contributed by atoms with Gasteiger partial charge < -0.3 is 9.47 Å². The largest absolute Gasteiger partial charge is 0.494 e. The van der Waals surface area contributed by atoms with E-state index in [2.05, 4.69) is 10.5 Å². The van der Waals surface area contributed by atoms with Crippen molar-refractivity contribution in [1.82, 2.24) is 5.43 Å². The second-order valence-corrected chi connectivity index (χ2v) is 4.54. The zero-order chi connectivity index (χ0) is 16.5. The molecule has 120 valence electrons. The molecular formula is C17H17FN2O3. The third-order valence-corrected chi connectivity index (χ3v) is 2.78. The molecule has 0 unspecified atom stereocenters. The quantitative estimate of drug-likeness (QED) is 0.631. The smallest absolute Gasteiger partial charge is 0.277 e. The van der Waals surface area contributed by atoms with Crippen LogP contribution in [0.2, 0.25) is 0 Å². The van der Waals surface area contributed by atoms with Gasteiger partial charge in [-0.05, 0) is 48.9 Å². The maximum atomic E-state index is 12.7. The van der Waals surface area contributed by atoms with Crippen molar-refractivity contribution >= 4 is 12.1 Å². The van der Waals surface area contributed by atoms with E-state index in [0.29, 0.717) is 17.9 Å². The number of rotatable bonds is 7. The predicted octanol–water partition coefficient (Wildman–Crippen LogP) is 2.75. The van der Waals surface area contributed by atoms with Crippen LogP contribution in [0.5, 0.6) is 11.5 Å². The van der Waals surface area contributed by atoms with Crippen LogP contribution in [-0.2, 0) is 4.79 Å². The fourth-order valence-corrected chi connectivity index (χ4v) is 1.71. The normalized spacial score (nSPS) is 10.5. The Morgan fingerprint density at radius 3 is 2.30 bits per heavy atom. The van der Waals surface area contributed by atoms with E-state index in [9.17, 15) is 9.18 Å². The summed E-state index contributed by atoms with van der Waals surface area (Å²) in [7, 11) is 0. The number of hydrogen-bond donors (Lipinski definition) is 1. The van der Waals surface area contributed by atoms with Gasteiger partial charge in [0.15, 0.2) is 6.61 Å². The number of nitrogens with one attached hydrogen (secondary N) is 1. The molecule has 0 radical (unpaired) electrons. The number of amides is 1. The van der Waals surface area contributed by atoms with Crippen LogP contribution >= 0.6 is 0 Å². The van der Waals surface area contributed by atoms with Crippen LogP contribution < -0.4 is 14.9 Å². The molecule has 5 nitrogen and oxygen atoms in total. The summed E-state index contributed by atoms with van der Waals surface area (Å²) in [4.78, 5) is 11.6. The van der Waals surface area contributed by atoms with Gasteiger partial charge in [0.1, 0.15) is 17.3 Å². The van der Waals surface area contributed by atoms with Gasteiger partial charge in [0.2, 0.25) is 0 Å². The van der Waals surface area contributed by atoms with Crippen molar-refractivity contribution in [1.29, 1.82) is 0 Å². The van der Waals surface area contributed by atoms with Gasteiger partial charge in [0.25, 0.3) is 5.91 Å². The Kier molecular flexibility index (Phi) is 6.11. The third-order valence-electron chi connectivity index (χ3n) is 2.78. The van der Waals surface area contributed by atoms with Gasteiger partial charge in [-0.2, -0.15) is 5.10 Å². The maximum absolute atomic E-state index is 12.7. The van der Waals surface area contributed by atoms with Crippen molar-refractivity contribution in [3.8, 4) is 11.5 Å². The van der Waals surface area contributed by atoms with Crippen molar-refractivity contribution in [2.45, 2.75) is 6.92 Å². The van der Waals surface area contributed by atoms with Crippen molar-refractivity contribution in [3.63, 3.8) is 0 Å². The lowest BCUT2D eigenvalue weighted by Crippen LogP contribution is -2.24. The van der Waals surface area contributed by atoms with E-state index >= 15 is 0 Å². The second-order valence-electron chi connectivity index (χ2n) is 4.54. The van der Waals surface area contributed by atoms with Gasteiger partial charge in [-0.25, -0.2) is 9.82 Å². The summed E-state index contributed by atoms with van der Waals surface area (Å²) in [6, 6.07) is 12.7. The monoisotopic (exact) mass is 316 g/mol. The summed E-state index contributed by atoms with van der Waals surface area (Å²) in [5, 5.41) is 3.77. The Hall–Kier alpha value is -2.89. The molecule has 2 aromatic rings. The minimum Gasteiger partial charge on any atom is -0.494 e. The van der Waals surface area contributed by atoms with Gasteiger partial charge in [0, 0.05) is 0 Å². The van der Waals surface area contributed by atoms with Crippen LogP contribution in [0.4, 0.5) is 4.39 Å². The average Bonchev–Trinajstić information content (AvgIpc) is 2.56. The molecule has 0 saturated heterocycles. The molecule has 6 heteroatoms. The summed E-state index contributed by atoms with van der Waals surface area (Å²) >= 11 is 0. The van der Waals surface area contributed by atoms with E-state index in [4.69, 9.17) is 9.47 Å². The Morgan fingerprint density at radius 2 is 1.70 bits per heavy atom.